The first-order valence-corrected chi connectivity index (χ1v) is 10.7. The van der Waals surface area contributed by atoms with Gasteiger partial charge in [-0.3, -0.25) is 15.1 Å². The molecule has 0 saturated carbocycles. The fourth-order valence-corrected chi connectivity index (χ4v) is 3.50. The van der Waals surface area contributed by atoms with Gasteiger partial charge < -0.3 is 10.1 Å². The first-order valence-electron chi connectivity index (χ1n) is 9.77. The third kappa shape index (κ3) is 7.01. The van der Waals surface area contributed by atoms with E-state index in [0.29, 0.717) is 16.4 Å². The maximum Gasteiger partial charge on any atom is 0.416 e. The van der Waals surface area contributed by atoms with Crippen molar-refractivity contribution >= 4 is 34.7 Å². The Kier molecular flexibility index (Phi) is 7.01. The number of amides is 2. The molecule has 2 N–H and O–H groups in total. The van der Waals surface area contributed by atoms with Gasteiger partial charge in [0.15, 0.2) is 0 Å². The molecule has 11 heteroatoms. The number of nitrogens with one attached hydrogen (secondary N) is 2. The lowest BCUT2D eigenvalue weighted by Gasteiger charge is -2.21. The smallest absolute Gasteiger partial charge is 0.416 e. The first-order chi connectivity index (χ1) is 15.4. The number of ether oxygens (including phenoxy) is 1. The van der Waals surface area contributed by atoms with Gasteiger partial charge in [-0.25, -0.2) is 9.78 Å². The molecular weight excluding hydrogens is 457 g/mol. The monoisotopic (exact) mass is 478 g/mol. The summed E-state index contributed by atoms with van der Waals surface area (Å²) in [5.74, 6) is -0.598. The number of carbonyl (C=O) groups excluding carboxylic acids is 2. The van der Waals surface area contributed by atoms with E-state index in [0.717, 1.165) is 18.2 Å². The van der Waals surface area contributed by atoms with Crippen molar-refractivity contribution in [2.24, 2.45) is 0 Å². The highest BCUT2D eigenvalue weighted by atomic mass is 32.1. The number of halogens is 3. The molecule has 3 aromatic rings. The van der Waals surface area contributed by atoms with E-state index >= 15 is 0 Å². The summed E-state index contributed by atoms with van der Waals surface area (Å²) >= 11 is 1.30. The van der Waals surface area contributed by atoms with Crippen molar-refractivity contribution in [3.05, 3.63) is 59.2 Å². The Hall–Kier alpha value is -3.47. The minimum atomic E-state index is -4.63. The summed E-state index contributed by atoms with van der Waals surface area (Å²) < 4.78 is 44.7. The van der Waals surface area contributed by atoms with Crippen molar-refractivity contribution in [3.63, 3.8) is 0 Å². The van der Waals surface area contributed by atoms with Crippen LogP contribution >= 0.6 is 11.3 Å². The van der Waals surface area contributed by atoms with Crippen molar-refractivity contribution < 1.29 is 27.5 Å². The number of hydrogen-bond acceptors (Lipinski definition) is 6. The second-order valence-corrected chi connectivity index (χ2v) is 8.83. The van der Waals surface area contributed by atoms with E-state index in [4.69, 9.17) is 4.74 Å². The zero-order valence-electron chi connectivity index (χ0n) is 18.0. The van der Waals surface area contributed by atoms with Gasteiger partial charge in [-0.1, -0.05) is 6.07 Å². The molecule has 0 unspecified atom stereocenters. The van der Waals surface area contributed by atoms with Gasteiger partial charge in [0.2, 0.25) is 5.91 Å². The number of pyridine rings is 1. The van der Waals surface area contributed by atoms with Crippen molar-refractivity contribution in [1.29, 1.82) is 0 Å². The van der Waals surface area contributed by atoms with Gasteiger partial charge in [-0.05, 0) is 51.1 Å². The standard InChI is InChI=1S/C22H21F3N4O3S/c1-21(2,3)32-20(31)29-15-8-7-13(22(23,24)25)10-17(15)28-18(30)11-14-12-33-19(27-14)16-6-4-5-9-26-16/h4-10,12H,11H2,1-3H3,(H,28,30)(H,29,31). The second-order valence-electron chi connectivity index (χ2n) is 7.97. The molecule has 0 aliphatic carbocycles. The van der Waals surface area contributed by atoms with Crippen LogP contribution in [-0.2, 0) is 22.1 Å². The van der Waals surface area contributed by atoms with E-state index in [1.807, 2.05) is 6.07 Å². The molecule has 0 atom stereocenters. The number of anilines is 2. The maximum absolute atomic E-state index is 13.2. The van der Waals surface area contributed by atoms with Crippen molar-refractivity contribution in [3.8, 4) is 10.7 Å². The lowest BCUT2D eigenvalue weighted by atomic mass is 10.1. The van der Waals surface area contributed by atoms with Crippen molar-refractivity contribution in [1.82, 2.24) is 9.97 Å². The predicted molar refractivity (Wildman–Crippen MR) is 119 cm³/mol. The summed E-state index contributed by atoms with van der Waals surface area (Å²) in [4.78, 5) is 33.2. The molecule has 3 rings (SSSR count). The zero-order chi connectivity index (χ0) is 24.2. The lowest BCUT2D eigenvalue weighted by Crippen LogP contribution is -2.27. The SMILES string of the molecule is CC(C)(C)OC(=O)Nc1ccc(C(F)(F)F)cc1NC(=O)Cc1csc(-c2ccccn2)n1. The van der Waals surface area contributed by atoms with Crippen LogP contribution in [0.15, 0.2) is 48.0 Å². The maximum atomic E-state index is 13.2. The van der Waals surface area contributed by atoms with Gasteiger partial charge in [-0.15, -0.1) is 11.3 Å². The number of carbonyl (C=O) groups is 2. The first kappa shape index (κ1) is 24.2. The highest BCUT2D eigenvalue weighted by molar-refractivity contribution is 7.13. The Morgan fingerprint density at radius 3 is 2.45 bits per heavy atom. The van der Waals surface area contributed by atoms with Crippen LogP contribution < -0.4 is 10.6 Å². The number of rotatable bonds is 5. The molecule has 0 radical (unpaired) electrons. The molecule has 2 heterocycles. The number of thiazole rings is 1. The molecule has 2 aromatic heterocycles. The minimum absolute atomic E-state index is 0.0296. The lowest BCUT2D eigenvalue weighted by molar-refractivity contribution is -0.137. The molecule has 0 aliphatic heterocycles. The van der Waals surface area contributed by atoms with Gasteiger partial charge in [0.05, 0.1) is 34.7 Å². The molecule has 1 aromatic carbocycles. The van der Waals surface area contributed by atoms with Crippen molar-refractivity contribution in [2.75, 3.05) is 10.6 Å². The van der Waals surface area contributed by atoms with E-state index < -0.39 is 29.3 Å². The average Bonchev–Trinajstić information content (AvgIpc) is 3.16. The topological polar surface area (TPSA) is 93.2 Å². The van der Waals surface area contributed by atoms with Crippen molar-refractivity contribution in [2.45, 2.75) is 39.0 Å². The molecule has 0 spiro atoms. The predicted octanol–water partition coefficient (Wildman–Crippen LogP) is 5.75. The summed E-state index contributed by atoms with van der Waals surface area (Å²) in [6.07, 6.45) is -4.05. The van der Waals surface area contributed by atoms with Crippen LogP contribution in [0.3, 0.4) is 0 Å². The van der Waals surface area contributed by atoms with Crippen LogP contribution in [0.2, 0.25) is 0 Å². The highest BCUT2D eigenvalue weighted by Crippen LogP contribution is 2.34. The minimum Gasteiger partial charge on any atom is -0.444 e. The number of hydrogen-bond donors (Lipinski definition) is 2. The summed E-state index contributed by atoms with van der Waals surface area (Å²) in [7, 11) is 0. The molecule has 7 nitrogen and oxygen atoms in total. The van der Waals surface area contributed by atoms with Gasteiger partial charge in [0.1, 0.15) is 10.6 Å². The van der Waals surface area contributed by atoms with Gasteiger partial charge in [-0.2, -0.15) is 13.2 Å². The van der Waals surface area contributed by atoms with E-state index in [9.17, 15) is 22.8 Å². The molecular formula is C22H21F3N4O3S. The van der Waals surface area contributed by atoms with E-state index in [2.05, 4.69) is 20.6 Å². The zero-order valence-corrected chi connectivity index (χ0v) is 18.8. The third-order valence-corrected chi connectivity index (χ3v) is 4.95. The Labute approximate surface area is 192 Å². The van der Waals surface area contributed by atoms with Crippen LogP contribution in [0, 0.1) is 0 Å². The molecule has 2 amide bonds. The summed E-state index contributed by atoms with van der Waals surface area (Å²) in [6.45, 7) is 4.94. The second kappa shape index (κ2) is 9.57. The quantitative estimate of drug-likeness (QED) is 0.487. The normalized spacial score (nSPS) is 11.7. The Balaban J connectivity index is 1.78. The summed E-state index contributed by atoms with van der Waals surface area (Å²) in [6, 6.07) is 7.98. The molecule has 0 bridgehead atoms. The van der Waals surface area contributed by atoms with Gasteiger partial charge >= 0.3 is 12.3 Å². The summed E-state index contributed by atoms with van der Waals surface area (Å²) in [5, 5.41) is 7.10. The summed E-state index contributed by atoms with van der Waals surface area (Å²) in [5.41, 5.74) is -0.935. The third-order valence-electron chi connectivity index (χ3n) is 4.03. The fourth-order valence-electron chi connectivity index (χ4n) is 2.70. The average molecular weight is 478 g/mol. The van der Waals surface area contributed by atoms with Gasteiger partial charge in [0.25, 0.3) is 0 Å². The van der Waals surface area contributed by atoms with Crippen LogP contribution in [0.5, 0.6) is 0 Å². The number of nitrogens with zero attached hydrogens (tertiary/aromatic N) is 2. The number of aromatic nitrogens is 2. The largest absolute Gasteiger partial charge is 0.444 e. The molecule has 0 aliphatic rings. The highest BCUT2D eigenvalue weighted by Gasteiger charge is 2.31. The van der Waals surface area contributed by atoms with E-state index in [1.165, 1.54) is 11.3 Å². The van der Waals surface area contributed by atoms with Crippen LogP contribution in [0.4, 0.5) is 29.3 Å². The molecule has 0 saturated heterocycles. The Bertz CT molecular complexity index is 1140. The van der Waals surface area contributed by atoms with Crippen LogP contribution in [0.25, 0.3) is 10.7 Å². The van der Waals surface area contributed by atoms with Crippen LogP contribution in [-0.4, -0.2) is 27.6 Å². The van der Waals surface area contributed by atoms with Gasteiger partial charge in [0, 0.05) is 11.6 Å². The molecule has 0 fully saturated rings. The number of alkyl halides is 3. The Morgan fingerprint density at radius 2 is 1.82 bits per heavy atom. The van der Waals surface area contributed by atoms with Crippen LogP contribution in [0.1, 0.15) is 32.0 Å². The molecule has 174 valence electrons. The van der Waals surface area contributed by atoms with E-state index in [-0.39, 0.29) is 17.8 Å². The fraction of sp³-hybridized carbons (Fsp3) is 0.273. The number of benzene rings is 1. The van der Waals surface area contributed by atoms with E-state index in [1.54, 1.807) is 44.5 Å². The molecule has 33 heavy (non-hydrogen) atoms. The Morgan fingerprint density at radius 1 is 1.06 bits per heavy atom.